The first kappa shape index (κ1) is 16.3. The van der Waals surface area contributed by atoms with Crippen LogP contribution in [0.3, 0.4) is 0 Å². The number of carbonyl (C=O) groups is 2. The zero-order valence-corrected chi connectivity index (χ0v) is 12.9. The van der Waals surface area contributed by atoms with Crippen molar-refractivity contribution in [1.29, 1.82) is 0 Å². The van der Waals surface area contributed by atoms with Crippen molar-refractivity contribution in [3.63, 3.8) is 0 Å². The van der Waals surface area contributed by atoms with E-state index >= 15 is 0 Å². The standard InChI is InChI=1S/C17H23NO4/c1-2-14-15(16(19)22-14)18-17(20)21-12-8-4-7-11-13-9-5-3-6-10-13/h3,5-6,9-10,14-15H,2,4,7-8,11-12H2,1H3,(H,18,20). The largest absolute Gasteiger partial charge is 0.458 e. The minimum absolute atomic E-state index is 0.217. The maximum absolute atomic E-state index is 11.6. The van der Waals surface area contributed by atoms with Crippen molar-refractivity contribution in [3.05, 3.63) is 35.9 Å². The van der Waals surface area contributed by atoms with Crippen LogP contribution in [0.2, 0.25) is 0 Å². The third-order valence-electron chi connectivity index (χ3n) is 3.75. The highest BCUT2D eigenvalue weighted by Gasteiger charge is 2.42. The number of carbonyl (C=O) groups excluding carboxylic acids is 2. The number of hydrogen-bond acceptors (Lipinski definition) is 4. The van der Waals surface area contributed by atoms with Crippen LogP contribution in [-0.2, 0) is 20.7 Å². The summed E-state index contributed by atoms with van der Waals surface area (Å²) in [6, 6.07) is 9.78. The lowest BCUT2D eigenvalue weighted by atomic mass is 10.0. The molecule has 1 amide bonds. The van der Waals surface area contributed by atoms with Crippen molar-refractivity contribution < 1.29 is 19.1 Å². The molecular formula is C17H23NO4. The first-order chi connectivity index (χ1) is 10.7. The zero-order valence-electron chi connectivity index (χ0n) is 12.9. The van der Waals surface area contributed by atoms with Gasteiger partial charge in [0.2, 0.25) is 0 Å². The molecule has 1 aromatic rings. The summed E-state index contributed by atoms with van der Waals surface area (Å²) in [5.74, 6) is -0.383. The number of aryl methyl sites for hydroxylation is 1. The van der Waals surface area contributed by atoms with Gasteiger partial charge < -0.3 is 14.8 Å². The summed E-state index contributed by atoms with van der Waals surface area (Å²) in [5, 5.41) is 2.55. The Bertz CT molecular complexity index is 489. The second-order valence-electron chi connectivity index (χ2n) is 5.44. The minimum Gasteiger partial charge on any atom is -0.458 e. The summed E-state index contributed by atoms with van der Waals surface area (Å²) in [7, 11) is 0. The summed E-state index contributed by atoms with van der Waals surface area (Å²) in [4.78, 5) is 22.8. The van der Waals surface area contributed by atoms with Crippen molar-refractivity contribution in [2.75, 3.05) is 6.61 Å². The molecule has 1 aliphatic heterocycles. The molecule has 120 valence electrons. The highest BCUT2D eigenvalue weighted by atomic mass is 16.6. The number of benzene rings is 1. The molecule has 5 nitrogen and oxygen atoms in total. The Labute approximate surface area is 131 Å². The quantitative estimate of drug-likeness (QED) is 0.592. The molecule has 2 atom stereocenters. The molecular weight excluding hydrogens is 282 g/mol. The summed E-state index contributed by atoms with van der Waals surface area (Å²) < 4.78 is 9.98. The van der Waals surface area contributed by atoms with Gasteiger partial charge >= 0.3 is 12.1 Å². The van der Waals surface area contributed by atoms with E-state index in [1.165, 1.54) is 5.56 Å². The van der Waals surface area contributed by atoms with Crippen molar-refractivity contribution in [1.82, 2.24) is 5.32 Å². The number of alkyl carbamates (subject to hydrolysis) is 1. The first-order valence-electron chi connectivity index (χ1n) is 7.88. The van der Waals surface area contributed by atoms with E-state index in [1.54, 1.807) is 0 Å². The molecule has 0 radical (unpaired) electrons. The predicted octanol–water partition coefficient (Wildman–Crippen LogP) is 2.83. The number of rotatable bonds is 8. The van der Waals surface area contributed by atoms with Crippen LogP contribution in [0, 0.1) is 0 Å². The van der Waals surface area contributed by atoms with Crippen LogP contribution < -0.4 is 5.32 Å². The van der Waals surface area contributed by atoms with Crippen molar-refractivity contribution in [3.8, 4) is 0 Å². The molecule has 1 N–H and O–H groups in total. The second-order valence-corrected chi connectivity index (χ2v) is 5.44. The maximum atomic E-state index is 11.6. The van der Waals surface area contributed by atoms with Gasteiger partial charge in [0.1, 0.15) is 6.10 Å². The Morgan fingerprint density at radius 1 is 1.23 bits per heavy atom. The van der Waals surface area contributed by atoms with Gasteiger partial charge in [0.25, 0.3) is 0 Å². The molecule has 1 saturated heterocycles. The molecule has 1 heterocycles. The Balaban J connectivity index is 1.51. The summed E-state index contributed by atoms with van der Waals surface area (Å²) in [5.41, 5.74) is 1.33. The number of amides is 1. The SMILES string of the molecule is CCC1OC(=O)C1NC(=O)OCCCCCc1ccccc1. The highest BCUT2D eigenvalue weighted by molar-refractivity contribution is 5.86. The molecule has 5 heteroatoms. The van der Waals surface area contributed by atoms with E-state index in [0.717, 1.165) is 25.7 Å². The van der Waals surface area contributed by atoms with Gasteiger partial charge in [-0.1, -0.05) is 37.3 Å². The highest BCUT2D eigenvalue weighted by Crippen LogP contribution is 2.17. The fourth-order valence-electron chi connectivity index (χ4n) is 2.43. The Kier molecular flexibility index (Phi) is 6.25. The molecule has 0 spiro atoms. The molecule has 2 rings (SSSR count). The van der Waals surface area contributed by atoms with Crippen LogP contribution in [0.5, 0.6) is 0 Å². The average molecular weight is 305 g/mol. The lowest BCUT2D eigenvalue weighted by Gasteiger charge is -2.34. The predicted molar refractivity (Wildman–Crippen MR) is 82.4 cm³/mol. The Hall–Kier alpha value is -2.04. The molecule has 1 fully saturated rings. The van der Waals surface area contributed by atoms with E-state index in [1.807, 2.05) is 25.1 Å². The third kappa shape index (κ3) is 4.76. The van der Waals surface area contributed by atoms with Gasteiger partial charge in [0, 0.05) is 0 Å². The normalized spacial score (nSPS) is 20.0. The fourth-order valence-corrected chi connectivity index (χ4v) is 2.43. The first-order valence-corrected chi connectivity index (χ1v) is 7.88. The van der Waals surface area contributed by atoms with E-state index in [2.05, 4.69) is 17.4 Å². The van der Waals surface area contributed by atoms with Crippen molar-refractivity contribution >= 4 is 12.1 Å². The van der Waals surface area contributed by atoms with E-state index in [4.69, 9.17) is 9.47 Å². The molecule has 0 bridgehead atoms. The molecule has 1 aromatic carbocycles. The van der Waals surface area contributed by atoms with Gasteiger partial charge in [-0.15, -0.1) is 0 Å². The van der Waals surface area contributed by atoms with Crippen molar-refractivity contribution in [2.45, 2.75) is 51.2 Å². The molecule has 1 aliphatic rings. The maximum Gasteiger partial charge on any atom is 0.407 e. The molecule has 0 saturated carbocycles. The number of esters is 1. The van der Waals surface area contributed by atoms with E-state index < -0.39 is 12.1 Å². The lowest BCUT2D eigenvalue weighted by Crippen LogP contribution is -2.59. The molecule has 0 aromatic heterocycles. The van der Waals surface area contributed by atoms with Gasteiger partial charge in [0.15, 0.2) is 6.04 Å². The molecule has 2 unspecified atom stereocenters. The average Bonchev–Trinajstić information content (AvgIpc) is 2.54. The number of ether oxygens (including phenoxy) is 2. The summed E-state index contributed by atoms with van der Waals surface area (Å²) >= 11 is 0. The van der Waals surface area contributed by atoms with Crippen molar-refractivity contribution in [2.24, 2.45) is 0 Å². The number of hydrogen-bond donors (Lipinski definition) is 1. The zero-order chi connectivity index (χ0) is 15.8. The van der Waals surface area contributed by atoms with Crippen LogP contribution in [0.15, 0.2) is 30.3 Å². The molecule has 22 heavy (non-hydrogen) atoms. The second kappa shape index (κ2) is 8.41. The van der Waals surface area contributed by atoms with Crippen LogP contribution in [0.4, 0.5) is 4.79 Å². The molecule has 0 aliphatic carbocycles. The Morgan fingerprint density at radius 3 is 2.68 bits per heavy atom. The van der Waals surface area contributed by atoms with Gasteiger partial charge in [-0.05, 0) is 37.7 Å². The number of unbranched alkanes of at least 4 members (excludes halogenated alkanes) is 2. The van der Waals surface area contributed by atoms with Gasteiger partial charge in [0.05, 0.1) is 6.61 Å². The summed E-state index contributed by atoms with van der Waals surface area (Å²) in [6.07, 6.45) is 3.88. The topological polar surface area (TPSA) is 64.6 Å². The van der Waals surface area contributed by atoms with Crippen LogP contribution in [0.25, 0.3) is 0 Å². The smallest absolute Gasteiger partial charge is 0.407 e. The third-order valence-corrected chi connectivity index (χ3v) is 3.75. The monoisotopic (exact) mass is 305 g/mol. The van der Waals surface area contributed by atoms with Gasteiger partial charge in [-0.25, -0.2) is 9.59 Å². The van der Waals surface area contributed by atoms with Gasteiger partial charge in [-0.3, -0.25) is 0 Å². The van der Waals surface area contributed by atoms with E-state index in [0.29, 0.717) is 13.0 Å². The van der Waals surface area contributed by atoms with Crippen LogP contribution in [0.1, 0.15) is 38.2 Å². The van der Waals surface area contributed by atoms with Gasteiger partial charge in [-0.2, -0.15) is 0 Å². The van der Waals surface area contributed by atoms with Crippen LogP contribution in [-0.4, -0.2) is 30.8 Å². The summed E-state index contributed by atoms with van der Waals surface area (Å²) in [6.45, 7) is 2.28. The fraction of sp³-hybridized carbons (Fsp3) is 0.529. The van der Waals surface area contributed by atoms with E-state index in [9.17, 15) is 9.59 Å². The number of cyclic esters (lactones) is 1. The Morgan fingerprint density at radius 2 is 2.00 bits per heavy atom. The lowest BCUT2D eigenvalue weighted by molar-refractivity contribution is -0.176. The number of nitrogens with one attached hydrogen (secondary N) is 1. The minimum atomic E-state index is -0.546. The van der Waals surface area contributed by atoms with E-state index in [-0.39, 0.29) is 12.1 Å². The van der Waals surface area contributed by atoms with Crippen LogP contribution >= 0.6 is 0 Å².